The number of halogens is 4. The Balaban J connectivity index is 2.17. The smallest absolute Gasteiger partial charge is 0.418 e. The minimum atomic E-state index is -4.98. The van der Waals surface area contributed by atoms with E-state index < -0.39 is 51.8 Å². The Bertz CT molecular complexity index is 930. The Kier molecular flexibility index (Phi) is 5.96. The lowest BCUT2D eigenvalue weighted by atomic mass is 10.1. The van der Waals surface area contributed by atoms with Gasteiger partial charge in [-0.25, -0.2) is 9.18 Å². The van der Waals surface area contributed by atoms with E-state index in [-0.39, 0.29) is 11.6 Å². The highest BCUT2D eigenvalue weighted by atomic mass is 19.4. The van der Waals surface area contributed by atoms with Crippen molar-refractivity contribution in [3.8, 4) is 0 Å². The monoisotopic (exact) mass is 400 g/mol. The van der Waals surface area contributed by atoms with Crippen LogP contribution in [0.3, 0.4) is 0 Å². The molecule has 148 valence electrons. The highest BCUT2D eigenvalue weighted by Gasteiger charge is 2.36. The molecule has 0 radical (unpaired) electrons. The van der Waals surface area contributed by atoms with Crippen LogP contribution >= 0.6 is 0 Å². The maximum atomic E-state index is 13.1. The van der Waals surface area contributed by atoms with Gasteiger partial charge in [-0.15, -0.1) is 0 Å². The molecule has 0 fully saturated rings. The van der Waals surface area contributed by atoms with Crippen LogP contribution in [0.4, 0.5) is 28.9 Å². The van der Waals surface area contributed by atoms with Gasteiger partial charge >= 0.3 is 12.1 Å². The fourth-order valence-electron chi connectivity index (χ4n) is 2.12. The van der Waals surface area contributed by atoms with E-state index in [1.54, 1.807) is 0 Å². The van der Waals surface area contributed by atoms with E-state index in [2.05, 4.69) is 0 Å². The normalized spacial score (nSPS) is 12.2. The Morgan fingerprint density at radius 2 is 1.86 bits per heavy atom. The van der Waals surface area contributed by atoms with Gasteiger partial charge in [0.15, 0.2) is 6.10 Å². The molecule has 0 aliphatic carbocycles. The maximum Gasteiger partial charge on any atom is 0.418 e. The molecule has 0 spiro atoms. The van der Waals surface area contributed by atoms with Crippen molar-refractivity contribution >= 4 is 23.3 Å². The third-order valence-electron chi connectivity index (χ3n) is 3.49. The number of esters is 1. The number of alkyl halides is 3. The number of nitrogens with one attached hydrogen (secondary N) is 1. The highest BCUT2D eigenvalue weighted by Crippen LogP contribution is 2.37. The summed E-state index contributed by atoms with van der Waals surface area (Å²) in [6.07, 6.45) is -6.50. The van der Waals surface area contributed by atoms with Crippen molar-refractivity contribution in [1.82, 2.24) is 0 Å². The first-order valence-electron chi connectivity index (χ1n) is 7.62. The van der Waals surface area contributed by atoms with Gasteiger partial charge in [-0.2, -0.15) is 13.2 Å². The Morgan fingerprint density at radius 3 is 2.43 bits per heavy atom. The number of carbonyl (C=O) groups excluding carboxylic acids is 2. The first-order chi connectivity index (χ1) is 13.0. The minimum Gasteiger partial charge on any atom is -0.449 e. The first kappa shape index (κ1) is 20.8. The second-order valence-corrected chi connectivity index (χ2v) is 5.53. The lowest BCUT2D eigenvalue weighted by molar-refractivity contribution is -0.385. The molecular weight excluding hydrogens is 388 g/mol. The molecule has 0 aliphatic rings. The number of nitrogens with zero attached hydrogens (tertiary/aromatic N) is 1. The predicted octanol–water partition coefficient (Wildman–Crippen LogP) is 3.94. The summed E-state index contributed by atoms with van der Waals surface area (Å²) in [4.78, 5) is 33.6. The number of nitro groups is 1. The highest BCUT2D eigenvalue weighted by molar-refractivity contribution is 5.97. The zero-order valence-electron chi connectivity index (χ0n) is 14.1. The van der Waals surface area contributed by atoms with Gasteiger partial charge in [-0.1, -0.05) is 6.07 Å². The van der Waals surface area contributed by atoms with Gasteiger partial charge in [-0.3, -0.25) is 14.9 Å². The van der Waals surface area contributed by atoms with Gasteiger partial charge in [0.1, 0.15) is 5.82 Å². The third-order valence-corrected chi connectivity index (χ3v) is 3.49. The number of benzene rings is 2. The summed E-state index contributed by atoms with van der Waals surface area (Å²) in [5, 5.41) is 12.6. The minimum absolute atomic E-state index is 0.189. The molecule has 2 aromatic carbocycles. The molecule has 2 aromatic rings. The lowest BCUT2D eigenvalue weighted by Crippen LogP contribution is -2.30. The Hall–Kier alpha value is -3.50. The van der Waals surface area contributed by atoms with Crippen LogP contribution in [-0.2, 0) is 15.7 Å². The number of nitro benzene ring substituents is 1. The predicted molar refractivity (Wildman–Crippen MR) is 88.0 cm³/mol. The zero-order valence-corrected chi connectivity index (χ0v) is 14.1. The SMILES string of the molecule is C[C@H](OC(=O)c1cccc(F)c1)C(=O)Nc1ccc([N+](=O)[O-])cc1C(F)(F)F. The molecule has 28 heavy (non-hydrogen) atoms. The second kappa shape index (κ2) is 8.03. The van der Waals surface area contributed by atoms with Gasteiger partial charge in [0.25, 0.3) is 11.6 Å². The van der Waals surface area contributed by atoms with E-state index in [0.717, 1.165) is 31.2 Å². The maximum absolute atomic E-state index is 13.1. The largest absolute Gasteiger partial charge is 0.449 e. The van der Waals surface area contributed by atoms with Gasteiger partial charge in [0.05, 0.1) is 21.7 Å². The van der Waals surface area contributed by atoms with Crippen molar-refractivity contribution in [2.45, 2.75) is 19.2 Å². The van der Waals surface area contributed by atoms with Gasteiger partial charge < -0.3 is 10.1 Å². The number of anilines is 1. The van der Waals surface area contributed by atoms with Crippen molar-refractivity contribution in [2.24, 2.45) is 0 Å². The number of rotatable bonds is 5. The quantitative estimate of drug-likeness (QED) is 0.355. The van der Waals surface area contributed by atoms with Crippen LogP contribution in [-0.4, -0.2) is 22.9 Å². The molecule has 2 rings (SSSR count). The molecule has 1 atom stereocenters. The number of ether oxygens (including phenoxy) is 1. The molecule has 7 nitrogen and oxygen atoms in total. The third kappa shape index (κ3) is 5.02. The summed E-state index contributed by atoms with van der Waals surface area (Å²) in [6, 6.07) is 6.20. The molecule has 1 amide bonds. The van der Waals surface area contributed by atoms with Crippen LogP contribution in [0.1, 0.15) is 22.8 Å². The van der Waals surface area contributed by atoms with Crippen LogP contribution in [0.5, 0.6) is 0 Å². The molecule has 0 saturated heterocycles. The molecule has 1 N–H and O–H groups in total. The average molecular weight is 400 g/mol. The van der Waals surface area contributed by atoms with Gasteiger partial charge in [0, 0.05) is 12.1 Å². The average Bonchev–Trinajstić information content (AvgIpc) is 2.60. The fraction of sp³-hybridized carbons (Fsp3) is 0.176. The van der Waals surface area contributed by atoms with Crippen molar-refractivity contribution in [3.63, 3.8) is 0 Å². The first-order valence-corrected chi connectivity index (χ1v) is 7.62. The molecule has 0 heterocycles. The van der Waals surface area contributed by atoms with Crippen LogP contribution in [0.25, 0.3) is 0 Å². The van der Waals surface area contributed by atoms with Crippen molar-refractivity contribution in [1.29, 1.82) is 0 Å². The van der Waals surface area contributed by atoms with Crippen molar-refractivity contribution < 1.29 is 36.8 Å². The number of hydrogen-bond acceptors (Lipinski definition) is 5. The van der Waals surface area contributed by atoms with E-state index in [1.165, 1.54) is 12.1 Å². The molecular formula is C17H12F4N2O5. The van der Waals surface area contributed by atoms with Crippen LogP contribution in [0, 0.1) is 15.9 Å². The summed E-state index contributed by atoms with van der Waals surface area (Å²) < 4.78 is 57.3. The van der Waals surface area contributed by atoms with Gasteiger partial charge in [0.2, 0.25) is 0 Å². The Morgan fingerprint density at radius 1 is 1.18 bits per heavy atom. The standard InChI is InChI=1S/C17H12F4N2O5/c1-9(28-16(25)10-3-2-4-11(18)7-10)15(24)22-14-6-5-12(23(26)27)8-13(14)17(19,20)21/h2-9H,1H3,(H,22,24)/t9-/m0/s1. The van der Waals surface area contributed by atoms with Crippen LogP contribution in [0.15, 0.2) is 42.5 Å². The summed E-state index contributed by atoms with van der Waals surface area (Å²) in [7, 11) is 0. The van der Waals surface area contributed by atoms with E-state index in [9.17, 15) is 37.3 Å². The van der Waals surface area contributed by atoms with E-state index in [0.29, 0.717) is 0 Å². The van der Waals surface area contributed by atoms with Crippen molar-refractivity contribution in [3.05, 3.63) is 69.5 Å². The topological polar surface area (TPSA) is 98.5 Å². The number of amides is 1. The van der Waals surface area contributed by atoms with E-state index >= 15 is 0 Å². The zero-order chi connectivity index (χ0) is 21.1. The molecule has 0 aromatic heterocycles. The second-order valence-electron chi connectivity index (χ2n) is 5.53. The molecule has 0 unspecified atom stereocenters. The van der Waals surface area contributed by atoms with Gasteiger partial charge in [-0.05, 0) is 31.2 Å². The van der Waals surface area contributed by atoms with Crippen LogP contribution < -0.4 is 5.32 Å². The number of hydrogen-bond donors (Lipinski definition) is 1. The summed E-state index contributed by atoms with van der Waals surface area (Å²) in [5.74, 6) is -2.88. The lowest BCUT2D eigenvalue weighted by Gasteiger charge is -2.17. The number of non-ortho nitro benzene ring substituents is 1. The molecule has 11 heteroatoms. The molecule has 0 saturated carbocycles. The van der Waals surface area contributed by atoms with E-state index in [4.69, 9.17) is 4.74 Å². The Labute approximate surface area is 155 Å². The van der Waals surface area contributed by atoms with E-state index in [1.807, 2.05) is 5.32 Å². The van der Waals surface area contributed by atoms with Crippen LogP contribution in [0.2, 0.25) is 0 Å². The summed E-state index contributed by atoms with van der Waals surface area (Å²) >= 11 is 0. The van der Waals surface area contributed by atoms with Crippen molar-refractivity contribution in [2.75, 3.05) is 5.32 Å². The number of carbonyl (C=O) groups is 2. The molecule has 0 aliphatic heterocycles. The summed E-state index contributed by atoms with van der Waals surface area (Å²) in [5.41, 5.74) is -3.17. The summed E-state index contributed by atoms with van der Waals surface area (Å²) in [6.45, 7) is 1.10. The fourth-order valence-corrected chi connectivity index (χ4v) is 2.12. The molecule has 0 bridgehead atoms.